The number of methoxy groups -OCH3 is 1. The predicted octanol–water partition coefficient (Wildman–Crippen LogP) is 1.32. The number of rotatable bonds is 4. The summed E-state index contributed by atoms with van der Waals surface area (Å²) < 4.78 is 5.53. The molecule has 2 fully saturated rings. The molecule has 20 heavy (non-hydrogen) atoms. The third-order valence-corrected chi connectivity index (χ3v) is 4.55. The number of hydrogen-bond acceptors (Lipinski definition) is 3. The van der Waals surface area contributed by atoms with Gasteiger partial charge >= 0.3 is 0 Å². The van der Waals surface area contributed by atoms with Crippen molar-refractivity contribution in [3.8, 4) is 0 Å². The first-order valence-electron chi connectivity index (χ1n) is 7.66. The number of hydrogen-bond donors (Lipinski definition) is 1. The van der Waals surface area contributed by atoms with Crippen LogP contribution < -0.4 is 5.32 Å². The standard InChI is InChI=1S/C15H26N2O3/c1-5-10-15(19)17(11-7-6-8-12(11)20-4)13(9(2)3)14(18)16-10/h9-13H,5-8H2,1-4H3,(H,16,18). The van der Waals surface area contributed by atoms with Crippen LogP contribution in [0.15, 0.2) is 0 Å². The van der Waals surface area contributed by atoms with Crippen molar-refractivity contribution in [3.05, 3.63) is 0 Å². The van der Waals surface area contributed by atoms with Crippen LogP contribution in [-0.2, 0) is 14.3 Å². The van der Waals surface area contributed by atoms with Crippen molar-refractivity contribution in [2.45, 2.75) is 70.7 Å². The van der Waals surface area contributed by atoms with Gasteiger partial charge in [-0.25, -0.2) is 0 Å². The van der Waals surface area contributed by atoms with Crippen LogP contribution in [0.2, 0.25) is 0 Å². The van der Waals surface area contributed by atoms with Crippen molar-refractivity contribution in [2.75, 3.05) is 7.11 Å². The first-order valence-corrected chi connectivity index (χ1v) is 7.66. The number of carbonyl (C=O) groups is 2. The second kappa shape index (κ2) is 6.12. The highest BCUT2D eigenvalue weighted by Crippen LogP contribution is 2.32. The molecule has 2 aliphatic rings. The minimum Gasteiger partial charge on any atom is -0.379 e. The van der Waals surface area contributed by atoms with Crippen LogP contribution >= 0.6 is 0 Å². The summed E-state index contributed by atoms with van der Waals surface area (Å²) in [7, 11) is 1.69. The molecule has 2 amide bonds. The molecule has 2 rings (SSSR count). The highest BCUT2D eigenvalue weighted by Gasteiger charge is 2.47. The molecule has 114 valence electrons. The van der Waals surface area contributed by atoms with Crippen LogP contribution in [0, 0.1) is 5.92 Å². The lowest BCUT2D eigenvalue weighted by molar-refractivity contribution is -0.157. The maximum absolute atomic E-state index is 12.7. The normalized spacial score (nSPS) is 34.8. The molecule has 0 spiro atoms. The zero-order chi connectivity index (χ0) is 14.9. The van der Waals surface area contributed by atoms with E-state index < -0.39 is 0 Å². The van der Waals surface area contributed by atoms with Crippen molar-refractivity contribution in [1.82, 2.24) is 10.2 Å². The van der Waals surface area contributed by atoms with E-state index in [1.54, 1.807) is 7.11 Å². The first-order chi connectivity index (χ1) is 9.51. The van der Waals surface area contributed by atoms with Gasteiger partial charge in [-0.15, -0.1) is 0 Å². The Bertz CT molecular complexity index is 383. The first kappa shape index (κ1) is 15.3. The molecular weight excluding hydrogens is 256 g/mol. The van der Waals surface area contributed by atoms with Gasteiger partial charge in [0.1, 0.15) is 12.1 Å². The molecule has 1 N–H and O–H groups in total. The topological polar surface area (TPSA) is 58.6 Å². The van der Waals surface area contributed by atoms with Gasteiger partial charge in [0.15, 0.2) is 0 Å². The smallest absolute Gasteiger partial charge is 0.246 e. The van der Waals surface area contributed by atoms with E-state index in [1.807, 2.05) is 25.7 Å². The van der Waals surface area contributed by atoms with Gasteiger partial charge in [0.25, 0.3) is 0 Å². The lowest BCUT2D eigenvalue weighted by atomic mass is 9.93. The maximum Gasteiger partial charge on any atom is 0.246 e. The van der Waals surface area contributed by atoms with Gasteiger partial charge in [0.05, 0.1) is 12.1 Å². The fourth-order valence-corrected chi connectivity index (χ4v) is 3.53. The molecular formula is C15H26N2O3. The Hall–Kier alpha value is -1.10. The van der Waals surface area contributed by atoms with Crippen LogP contribution in [0.1, 0.15) is 46.5 Å². The molecule has 1 saturated carbocycles. The molecule has 4 unspecified atom stereocenters. The molecule has 0 radical (unpaired) electrons. The highest BCUT2D eigenvalue weighted by atomic mass is 16.5. The Morgan fingerprint density at radius 3 is 2.60 bits per heavy atom. The third kappa shape index (κ3) is 2.55. The summed E-state index contributed by atoms with van der Waals surface area (Å²) in [4.78, 5) is 26.9. The van der Waals surface area contributed by atoms with Crippen LogP contribution in [-0.4, -0.2) is 48.1 Å². The average molecular weight is 282 g/mol. The van der Waals surface area contributed by atoms with Gasteiger partial charge in [-0.05, 0) is 31.6 Å². The molecule has 1 aliphatic carbocycles. The van der Waals surface area contributed by atoms with E-state index in [-0.39, 0.29) is 42.0 Å². The second-order valence-corrected chi connectivity index (χ2v) is 6.18. The van der Waals surface area contributed by atoms with Gasteiger partial charge in [-0.2, -0.15) is 0 Å². The molecule has 0 bridgehead atoms. The summed E-state index contributed by atoms with van der Waals surface area (Å²) in [6.07, 6.45) is 3.64. The fraction of sp³-hybridized carbons (Fsp3) is 0.867. The Labute approximate surface area is 121 Å². The quantitative estimate of drug-likeness (QED) is 0.846. The van der Waals surface area contributed by atoms with Gasteiger partial charge in [-0.3, -0.25) is 9.59 Å². The summed E-state index contributed by atoms with van der Waals surface area (Å²) in [5.41, 5.74) is 0. The Balaban J connectivity index is 2.31. The minimum atomic E-state index is -0.379. The Kier molecular flexibility index (Phi) is 4.68. The van der Waals surface area contributed by atoms with Gasteiger partial charge in [0.2, 0.25) is 11.8 Å². The summed E-state index contributed by atoms with van der Waals surface area (Å²) >= 11 is 0. The molecule has 5 heteroatoms. The second-order valence-electron chi connectivity index (χ2n) is 6.18. The van der Waals surface area contributed by atoms with Crippen molar-refractivity contribution in [2.24, 2.45) is 5.92 Å². The lowest BCUT2D eigenvalue weighted by Gasteiger charge is -2.45. The number of piperazine rings is 1. The molecule has 1 aliphatic heterocycles. The maximum atomic E-state index is 12.7. The molecule has 0 aromatic rings. The predicted molar refractivity (Wildman–Crippen MR) is 76.1 cm³/mol. The Morgan fingerprint density at radius 1 is 1.35 bits per heavy atom. The van der Waals surface area contributed by atoms with Gasteiger partial charge < -0.3 is 15.0 Å². The van der Waals surface area contributed by atoms with E-state index in [1.165, 1.54) is 0 Å². The Morgan fingerprint density at radius 2 is 2.05 bits per heavy atom. The van der Waals surface area contributed by atoms with Crippen LogP contribution in [0.25, 0.3) is 0 Å². The van der Waals surface area contributed by atoms with E-state index in [0.717, 1.165) is 19.3 Å². The fourth-order valence-electron chi connectivity index (χ4n) is 3.53. The SMILES string of the molecule is CCC1NC(=O)C(C(C)C)N(C2CCCC2OC)C1=O. The van der Waals surface area contributed by atoms with Gasteiger partial charge in [-0.1, -0.05) is 20.8 Å². The van der Waals surface area contributed by atoms with E-state index in [2.05, 4.69) is 5.32 Å². The van der Waals surface area contributed by atoms with Crippen molar-refractivity contribution < 1.29 is 14.3 Å². The average Bonchev–Trinajstić information content (AvgIpc) is 2.87. The molecule has 0 aromatic carbocycles. The molecule has 5 nitrogen and oxygen atoms in total. The molecule has 0 aromatic heterocycles. The number of nitrogens with zero attached hydrogens (tertiary/aromatic N) is 1. The summed E-state index contributed by atoms with van der Waals surface area (Å²) in [6.45, 7) is 5.92. The lowest BCUT2D eigenvalue weighted by Crippen LogP contribution is -2.68. The largest absolute Gasteiger partial charge is 0.379 e. The van der Waals surface area contributed by atoms with Crippen LogP contribution in [0.5, 0.6) is 0 Å². The monoisotopic (exact) mass is 282 g/mol. The van der Waals surface area contributed by atoms with E-state index in [9.17, 15) is 9.59 Å². The number of ether oxygens (including phenoxy) is 1. The van der Waals surface area contributed by atoms with E-state index in [0.29, 0.717) is 6.42 Å². The molecule has 1 heterocycles. The number of nitrogens with one attached hydrogen (secondary N) is 1. The van der Waals surface area contributed by atoms with Crippen LogP contribution in [0.3, 0.4) is 0 Å². The number of carbonyl (C=O) groups excluding carboxylic acids is 2. The van der Waals surface area contributed by atoms with Crippen molar-refractivity contribution in [3.63, 3.8) is 0 Å². The highest BCUT2D eigenvalue weighted by molar-refractivity contribution is 5.97. The van der Waals surface area contributed by atoms with Crippen LogP contribution in [0.4, 0.5) is 0 Å². The van der Waals surface area contributed by atoms with Crippen molar-refractivity contribution in [1.29, 1.82) is 0 Å². The third-order valence-electron chi connectivity index (χ3n) is 4.55. The zero-order valence-corrected chi connectivity index (χ0v) is 12.9. The zero-order valence-electron chi connectivity index (χ0n) is 12.9. The summed E-state index contributed by atoms with van der Waals surface area (Å²) in [5.74, 6) is 0.141. The number of amides is 2. The molecule has 4 atom stereocenters. The van der Waals surface area contributed by atoms with E-state index >= 15 is 0 Å². The van der Waals surface area contributed by atoms with Crippen molar-refractivity contribution >= 4 is 11.8 Å². The minimum absolute atomic E-state index is 0.0202. The van der Waals surface area contributed by atoms with Gasteiger partial charge in [0, 0.05) is 7.11 Å². The summed E-state index contributed by atoms with van der Waals surface area (Å²) in [6, 6.07) is -0.707. The van der Waals surface area contributed by atoms with E-state index in [4.69, 9.17) is 4.74 Å². The summed E-state index contributed by atoms with van der Waals surface area (Å²) in [5, 5.41) is 2.86. The molecule has 1 saturated heterocycles.